The molecule has 1 saturated heterocycles. The molecule has 1 amide bonds. The molecule has 0 radical (unpaired) electrons. The first kappa shape index (κ1) is 17.4. The summed E-state index contributed by atoms with van der Waals surface area (Å²) in [6.07, 6.45) is 0.861. The zero-order valence-corrected chi connectivity index (χ0v) is 13.2. The van der Waals surface area contributed by atoms with Gasteiger partial charge in [-0.3, -0.25) is 14.6 Å². The van der Waals surface area contributed by atoms with Crippen LogP contribution in [0.4, 0.5) is 0 Å². The quantitative estimate of drug-likeness (QED) is 0.553. The molecule has 6 nitrogen and oxygen atoms in total. The summed E-state index contributed by atoms with van der Waals surface area (Å²) in [5, 5.41) is 6.30. The van der Waals surface area contributed by atoms with Gasteiger partial charge in [-0.1, -0.05) is 0 Å². The highest BCUT2D eigenvalue weighted by atomic mass is 16.5. The van der Waals surface area contributed by atoms with Crippen LogP contribution < -0.4 is 10.6 Å². The van der Waals surface area contributed by atoms with E-state index in [2.05, 4.69) is 20.4 Å². The number of methoxy groups -OCH3 is 1. The number of carbonyl (C=O) groups excluding carboxylic acids is 1. The van der Waals surface area contributed by atoms with Gasteiger partial charge in [0.25, 0.3) is 0 Å². The molecule has 118 valence electrons. The topological polar surface area (TPSA) is 56.8 Å². The molecular weight excluding hydrogens is 256 g/mol. The second-order valence-electron chi connectivity index (χ2n) is 5.39. The third-order valence-corrected chi connectivity index (χ3v) is 3.84. The van der Waals surface area contributed by atoms with Crippen LogP contribution in [-0.4, -0.2) is 88.3 Å². The molecule has 1 aliphatic heterocycles. The zero-order chi connectivity index (χ0) is 14.8. The largest absolute Gasteiger partial charge is 0.385 e. The number of ether oxygens (including phenoxy) is 1. The van der Waals surface area contributed by atoms with Crippen molar-refractivity contribution in [2.75, 3.05) is 66.6 Å². The summed E-state index contributed by atoms with van der Waals surface area (Å²) in [6, 6.07) is -0.0829. The number of hydrogen-bond donors (Lipinski definition) is 2. The Hall–Kier alpha value is -0.690. The maximum Gasteiger partial charge on any atom is 0.237 e. The second kappa shape index (κ2) is 10.1. The van der Waals surface area contributed by atoms with Crippen molar-refractivity contribution in [2.24, 2.45) is 0 Å². The van der Waals surface area contributed by atoms with Gasteiger partial charge in [-0.05, 0) is 20.4 Å². The van der Waals surface area contributed by atoms with Crippen LogP contribution in [-0.2, 0) is 9.53 Å². The Bertz CT molecular complexity index is 270. The number of likely N-dealkylation sites (N-methyl/N-ethyl adjacent to an activating group) is 1. The fourth-order valence-corrected chi connectivity index (χ4v) is 2.20. The Morgan fingerprint density at radius 1 is 1.45 bits per heavy atom. The smallest absolute Gasteiger partial charge is 0.237 e. The molecular formula is C14H30N4O2. The van der Waals surface area contributed by atoms with E-state index in [0.717, 1.165) is 45.7 Å². The molecule has 6 heteroatoms. The lowest BCUT2D eigenvalue weighted by molar-refractivity contribution is -0.125. The molecule has 0 aromatic rings. The Balaban J connectivity index is 2.16. The molecule has 0 aromatic heterocycles. The Morgan fingerprint density at radius 3 is 2.80 bits per heavy atom. The average Bonchev–Trinajstić information content (AvgIpc) is 2.49. The van der Waals surface area contributed by atoms with Crippen molar-refractivity contribution in [2.45, 2.75) is 19.4 Å². The van der Waals surface area contributed by atoms with Gasteiger partial charge in [-0.15, -0.1) is 0 Å². The lowest BCUT2D eigenvalue weighted by atomic mass is 10.2. The molecule has 1 atom stereocenters. The summed E-state index contributed by atoms with van der Waals surface area (Å²) in [4.78, 5) is 16.5. The minimum atomic E-state index is -0.0829. The third kappa shape index (κ3) is 6.65. The third-order valence-electron chi connectivity index (χ3n) is 3.84. The predicted molar refractivity (Wildman–Crippen MR) is 80.9 cm³/mol. The SMILES string of the molecule is COCCCNC(=O)C(C)N(C)CCN1CCNCC1. The number of carbonyl (C=O) groups is 1. The summed E-state index contributed by atoms with van der Waals surface area (Å²) < 4.78 is 4.96. The number of nitrogens with one attached hydrogen (secondary N) is 2. The van der Waals surface area contributed by atoms with Crippen LogP contribution in [0.1, 0.15) is 13.3 Å². The first-order valence-electron chi connectivity index (χ1n) is 7.55. The molecule has 1 aliphatic rings. The van der Waals surface area contributed by atoms with Crippen LogP contribution in [0.2, 0.25) is 0 Å². The van der Waals surface area contributed by atoms with Crippen LogP contribution in [0.15, 0.2) is 0 Å². The molecule has 1 heterocycles. The number of rotatable bonds is 9. The monoisotopic (exact) mass is 286 g/mol. The van der Waals surface area contributed by atoms with Crippen LogP contribution in [0, 0.1) is 0 Å². The maximum atomic E-state index is 12.0. The molecule has 0 spiro atoms. The van der Waals surface area contributed by atoms with Crippen molar-refractivity contribution in [1.29, 1.82) is 0 Å². The summed E-state index contributed by atoms with van der Waals surface area (Å²) in [5.74, 6) is 0.101. The number of piperazine rings is 1. The van der Waals surface area contributed by atoms with Crippen LogP contribution in [0.3, 0.4) is 0 Å². The summed E-state index contributed by atoms with van der Waals surface area (Å²) in [6.45, 7) is 9.63. The average molecular weight is 286 g/mol. The Labute approximate surface area is 122 Å². The molecule has 1 fully saturated rings. The highest BCUT2D eigenvalue weighted by Crippen LogP contribution is 1.98. The van der Waals surface area contributed by atoms with Gasteiger partial charge in [0.1, 0.15) is 0 Å². The van der Waals surface area contributed by atoms with E-state index >= 15 is 0 Å². The Morgan fingerprint density at radius 2 is 2.15 bits per heavy atom. The lowest BCUT2D eigenvalue weighted by Crippen LogP contribution is -2.49. The van der Waals surface area contributed by atoms with E-state index in [0.29, 0.717) is 13.2 Å². The zero-order valence-electron chi connectivity index (χ0n) is 13.2. The number of nitrogens with zero attached hydrogens (tertiary/aromatic N) is 2. The van der Waals surface area contributed by atoms with Crippen molar-refractivity contribution in [3.05, 3.63) is 0 Å². The van der Waals surface area contributed by atoms with E-state index in [9.17, 15) is 4.79 Å². The van der Waals surface area contributed by atoms with Gasteiger partial charge < -0.3 is 15.4 Å². The normalized spacial score (nSPS) is 18.2. The van der Waals surface area contributed by atoms with Gasteiger partial charge in [0.2, 0.25) is 5.91 Å². The molecule has 1 rings (SSSR count). The lowest BCUT2D eigenvalue weighted by Gasteiger charge is -2.30. The highest BCUT2D eigenvalue weighted by molar-refractivity contribution is 5.81. The molecule has 0 aromatic carbocycles. The predicted octanol–water partition coefficient (Wildman–Crippen LogP) is -0.635. The molecule has 2 N–H and O–H groups in total. The molecule has 0 saturated carbocycles. The number of hydrogen-bond acceptors (Lipinski definition) is 5. The number of amides is 1. The van der Waals surface area contributed by atoms with E-state index in [1.165, 1.54) is 0 Å². The van der Waals surface area contributed by atoms with Gasteiger partial charge in [-0.2, -0.15) is 0 Å². The standard InChI is InChI=1S/C14H30N4O2/c1-13(14(19)16-5-4-12-20-3)17(2)10-11-18-8-6-15-7-9-18/h13,15H,4-12H2,1-3H3,(H,16,19). The van der Waals surface area contributed by atoms with Gasteiger partial charge >= 0.3 is 0 Å². The first-order chi connectivity index (χ1) is 9.65. The van der Waals surface area contributed by atoms with E-state index < -0.39 is 0 Å². The minimum Gasteiger partial charge on any atom is -0.385 e. The first-order valence-corrected chi connectivity index (χ1v) is 7.55. The van der Waals surface area contributed by atoms with Crippen LogP contribution in [0.5, 0.6) is 0 Å². The molecule has 1 unspecified atom stereocenters. The van der Waals surface area contributed by atoms with Gasteiger partial charge in [0.15, 0.2) is 0 Å². The molecule has 20 heavy (non-hydrogen) atoms. The van der Waals surface area contributed by atoms with E-state index in [-0.39, 0.29) is 11.9 Å². The van der Waals surface area contributed by atoms with Crippen molar-refractivity contribution >= 4 is 5.91 Å². The van der Waals surface area contributed by atoms with Crippen LogP contribution >= 0.6 is 0 Å². The maximum absolute atomic E-state index is 12.0. The van der Waals surface area contributed by atoms with Crippen molar-refractivity contribution in [3.8, 4) is 0 Å². The van der Waals surface area contributed by atoms with Crippen molar-refractivity contribution in [1.82, 2.24) is 20.4 Å². The summed E-state index contributed by atoms with van der Waals surface area (Å²) in [7, 11) is 3.69. The van der Waals surface area contributed by atoms with Gasteiger partial charge in [0, 0.05) is 59.5 Å². The van der Waals surface area contributed by atoms with E-state index in [1.54, 1.807) is 7.11 Å². The highest BCUT2D eigenvalue weighted by Gasteiger charge is 2.18. The van der Waals surface area contributed by atoms with Crippen LogP contribution in [0.25, 0.3) is 0 Å². The fraction of sp³-hybridized carbons (Fsp3) is 0.929. The van der Waals surface area contributed by atoms with Crippen molar-refractivity contribution in [3.63, 3.8) is 0 Å². The van der Waals surface area contributed by atoms with E-state index in [1.807, 2.05) is 14.0 Å². The van der Waals surface area contributed by atoms with Gasteiger partial charge in [-0.25, -0.2) is 0 Å². The second-order valence-corrected chi connectivity index (χ2v) is 5.39. The summed E-state index contributed by atoms with van der Waals surface area (Å²) in [5.41, 5.74) is 0. The van der Waals surface area contributed by atoms with E-state index in [4.69, 9.17) is 4.74 Å². The van der Waals surface area contributed by atoms with Gasteiger partial charge in [0.05, 0.1) is 6.04 Å². The summed E-state index contributed by atoms with van der Waals surface area (Å²) >= 11 is 0. The molecule has 0 bridgehead atoms. The van der Waals surface area contributed by atoms with Crippen molar-refractivity contribution < 1.29 is 9.53 Å². The fourth-order valence-electron chi connectivity index (χ4n) is 2.20. The minimum absolute atomic E-state index is 0.0829. The Kier molecular flexibility index (Phi) is 8.77. The molecule has 0 aliphatic carbocycles.